The summed E-state index contributed by atoms with van der Waals surface area (Å²) in [6, 6.07) is 1.90. The number of carbonyl (C=O) groups excluding carboxylic acids is 1. The van der Waals surface area contributed by atoms with Crippen molar-refractivity contribution in [1.82, 2.24) is 14.9 Å². The van der Waals surface area contributed by atoms with Gasteiger partial charge in [0.1, 0.15) is 15.3 Å². The molecule has 0 saturated carbocycles. The Bertz CT molecular complexity index is 523. The number of halogens is 2. The molecule has 1 heterocycles. The molecule has 0 aliphatic heterocycles. The summed E-state index contributed by atoms with van der Waals surface area (Å²) in [5.74, 6) is -0.345. The number of hydrogen-bond donors (Lipinski definition) is 1. The normalized spacial score (nSPS) is 9.71. The topological polar surface area (TPSA) is 87.8 Å². The Hall–Kier alpha value is -1.14. The van der Waals surface area contributed by atoms with E-state index in [1.807, 2.05) is 6.07 Å². The molecule has 90 valence electrons. The van der Waals surface area contributed by atoms with E-state index in [0.717, 1.165) is 4.57 Å². The molecule has 6 nitrogen and oxygen atoms in total. The van der Waals surface area contributed by atoms with E-state index in [1.165, 1.54) is 6.33 Å². The second-order valence-electron chi connectivity index (χ2n) is 3.04. The van der Waals surface area contributed by atoms with E-state index in [9.17, 15) is 9.59 Å². The fourth-order valence-corrected chi connectivity index (χ4v) is 1.60. The molecule has 1 aromatic rings. The number of nitriles is 1. The van der Waals surface area contributed by atoms with E-state index >= 15 is 0 Å². The molecule has 0 aliphatic rings. The van der Waals surface area contributed by atoms with Gasteiger partial charge in [-0.2, -0.15) is 5.26 Å². The van der Waals surface area contributed by atoms with Crippen molar-refractivity contribution in [3.8, 4) is 6.07 Å². The van der Waals surface area contributed by atoms with Crippen LogP contribution in [0, 0.1) is 14.9 Å². The number of amides is 1. The van der Waals surface area contributed by atoms with Crippen molar-refractivity contribution in [2.75, 3.05) is 6.54 Å². The third kappa shape index (κ3) is 3.98. The Labute approximate surface area is 116 Å². The van der Waals surface area contributed by atoms with Crippen molar-refractivity contribution in [3.63, 3.8) is 0 Å². The van der Waals surface area contributed by atoms with Gasteiger partial charge in [-0.15, -0.1) is 0 Å². The summed E-state index contributed by atoms with van der Waals surface area (Å²) >= 11 is 7.43. The van der Waals surface area contributed by atoms with Crippen LogP contribution in [-0.4, -0.2) is 22.0 Å². The molecule has 0 fully saturated rings. The molecule has 1 N–H and O–H groups in total. The zero-order chi connectivity index (χ0) is 12.8. The third-order valence-corrected chi connectivity index (χ3v) is 3.39. The maximum Gasteiger partial charge on any atom is 0.268 e. The zero-order valence-corrected chi connectivity index (χ0v) is 11.5. The highest BCUT2D eigenvalue weighted by Crippen LogP contribution is 2.09. The van der Waals surface area contributed by atoms with E-state index in [4.69, 9.17) is 16.9 Å². The van der Waals surface area contributed by atoms with Crippen molar-refractivity contribution in [2.24, 2.45) is 0 Å². The molecule has 1 rings (SSSR count). The first-order valence-electron chi connectivity index (χ1n) is 4.60. The predicted molar refractivity (Wildman–Crippen MR) is 69.5 cm³/mol. The van der Waals surface area contributed by atoms with Gasteiger partial charge in [0, 0.05) is 6.54 Å². The number of carbonyl (C=O) groups is 1. The van der Waals surface area contributed by atoms with Crippen LogP contribution < -0.4 is 10.9 Å². The van der Waals surface area contributed by atoms with Crippen molar-refractivity contribution < 1.29 is 4.79 Å². The number of nitrogens with zero attached hydrogens (tertiary/aromatic N) is 3. The van der Waals surface area contributed by atoms with Crippen LogP contribution in [0.4, 0.5) is 0 Å². The third-order valence-electron chi connectivity index (χ3n) is 1.81. The van der Waals surface area contributed by atoms with Crippen LogP contribution in [0.2, 0.25) is 5.15 Å². The largest absolute Gasteiger partial charge is 0.354 e. The summed E-state index contributed by atoms with van der Waals surface area (Å²) in [6.07, 6.45) is 1.45. The summed E-state index contributed by atoms with van der Waals surface area (Å²) < 4.78 is 1.44. The summed E-state index contributed by atoms with van der Waals surface area (Å²) in [6.45, 7) is 0.132. The maximum atomic E-state index is 11.7. The lowest BCUT2D eigenvalue weighted by Crippen LogP contribution is -2.33. The minimum Gasteiger partial charge on any atom is -0.354 e. The number of aromatic nitrogens is 2. The minimum atomic E-state index is -0.360. The van der Waals surface area contributed by atoms with Gasteiger partial charge in [-0.05, 0) is 22.6 Å². The molecule has 8 heteroatoms. The van der Waals surface area contributed by atoms with Crippen molar-refractivity contribution in [1.29, 1.82) is 5.26 Å². The second-order valence-corrected chi connectivity index (χ2v) is 4.48. The molecule has 0 unspecified atom stereocenters. The molecule has 1 aromatic heterocycles. The Balaban J connectivity index is 2.70. The summed E-state index contributed by atoms with van der Waals surface area (Å²) in [7, 11) is 0. The molecular weight excluding hydrogens is 358 g/mol. The van der Waals surface area contributed by atoms with Gasteiger partial charge in [-0.3, -0.25) is 14.2 Å². The molecule has 0 saturated heterocycles. The van der Waals surface area contributed by atoms with Crippen LogP contribution in [0.1, 0.15) is 6.42 Å². The van der Waals surface area contributed by atoms with Gasteiger partial charge < -0.3 is 5.32 Å². The summed E-state index contributed by atoms with van der Waals surface area (Å²) in [5, 5.41) is 10.9. The lowest BCUT2D eigenvalue weighted by atomic mass is 10.4. The lowest BCUT2D eigenvalue weighted by Gasteiger charge is -2.06. The van der Waals surface area contributed by atoms with E-state index in [1.54, 1.807) is 22.6 Å². The zero-order valence-electron chi connectivity index (χ0n) is 8.61. The standard InChI is InChI=1S/C9H8ClIN4O2/c10-8-7(11)9(17)15(5-14-8)4-6(16)13-3-1-2-12/h5H,1,3-4H2,(H,13,16). The van der Waals surface area contributed by atoms with E-state index in [0.29, 0.717) is 0 Å². The molecule has 0 aromatic carbocycles. The van der Waals surface area contributed by atoms with Crippen LogP contribution in [0.25, 0.3) is 0 Å². The van der Waals surface area contributed by atoms with Crippen molar-refractivity contribution in [2.45, 2.75) is 13.0 Å². The highest BCUT2D eigenvalue weighted by Gasteiger charge is 2.09. The predicted octanol–water partition coefficient (Wildman–Crippen LogP) is 0.531. The average molecular weight is 367 g/mol. The molecule has 17 heavy (non-hydrogen) atoms. The van der Waals surface area contributed by atoms with Crippen molar-refractivity contribution >= 4 is 40.1 Å². The smallest absolute Gasteiger partial charge is 0.268 e. The number of hydrogen-bond acceptors (Lipinski definition) is 4. The maximum absolute atomic E-state index is 11.7. The van der Waals surface area contributed by atoms with Crippen LogP contribution in [0.5, 0.6) is 0 Å². The van der Waals surface area contributed by atoms with Crippen molar-refractivity contribution in [3.05, 3.63) is 25.4 Å². The van der Waals surface area contributed by atoms with E-state index in [-0.39, 0.29) is 39.7 Å². The second kappa shape index (κ2) is 6.56. The van der Waals surface area contributed by atoms with Crippen LogP contribution >= 0.6 is 34.2 Å². The Morgan fingerprint density at radius 1 is 1.71 bits per heavy atom. The SMILES string of the molecule is N#CCCNC(=O)Cn1cnc(Cl)c(I)c1=O. The molecule has 0 spiro atoms. The van der Waals surface area contributed by atoms with Gasteiger partial charge in [0.25, 0.3) is 5.56 Å². The highest BCUT2D eigenvalue weighted by atomic mass is 127. The van der Waals surface area contributed by atoms with Crippen LogP contribution in [-0.2, 0) is 11.3 Å². The minimum absolute atomic E-state index is 0.122. The van der Waals surface area contributed by atoms with E-state index < -0.39 is 0 Å². The number of rotatable bonds is 4. The molecule has 0 radical (unpaired) electrons. The fraction of sp³-hybridized carbons (Fsp3) is 0.333. The molecule has 0 bridgehead atoms. The quantitative estimate of drug-likeness (QED) is 0.478. The highest BCUT2D eigenvalue weighted by molar-refractivity contribution is 14.1. The first kappa shape index (κ1) is 13.9. The Morgan fingerprint density at radius 2 is 2.41 bits per heavy atom. The average Bonchev–Trinajstić information content (AvgIpc) is 2.30. The number of nitrogens with one attached hydrogen (secondary N) is 1. The van der Waals surface area contributed by atoms with Gasteiger partial charge in [-0.1, -0.05) is 11.6 Å². The summed E-state index contributed by atoms with van der Waals surface area (Å²) in [5.41, 5.74) is -0.360. The van der Waals surface area contributed by atoms with Gasteiger partial charge in [0.2, 0.25) is 5.91 Å². The molecule has 0 aliphatic carbocycles. The van der Waals surface area contributed by atoms with Gasteiger partial charge in [0.15, 0.2) is 0 Å². The lowest BCUT2D eigenvalue weighted by molar-refractivity contribution is -0.121. The molecular formula is C9H8ClIN4O2. The first-order valence-corrected chi connectivity index (χ1v) is 6.06. The Morgan fingerprint density at radius 3 is 3.06 bits per heavy atom. The van der Waals surface area contributed by atoms with E-state index in [2.05, 4.69) is 10.3 Å². The van der Waals surface area contributed by atoms with Gasteiger partial charge in [-0.25, -0.2) is 4.98 Å². The monoisotopic (exact) mass is 366 g/mol. The Kier molecular flexibility index (Phi) is 5.37. The van der Waals surface area contributed by atoms with Crippen LogP contribution in [0.3, 0.4) is 0 Å². The van der Waals surface area contributed by atoms with Gasteiger partial charge in [0.05, 0.1) is 18.8 Å². The summed E-state index contributed by atoms with van der Waals surface area (Å²) in [4.78, 5) is 26.8. The molecule has 0 atom stereocenters. The van der Waals surface area contributed by atoms with Gasteiger partial charge >= 0.3 is 0 Å². The first-order chi connectivity index (χ1) is 8.06. The van der Waals surface area contributed by atoms with Crippen LogP contribution in [0.15, 0.2) is 11.1 Å². The fourth-order valence-electron chi connectivity index (χ4n) is 1.02. The molecule has 1 amide bonds.